The Balaban J connectivity index is 2.71. The van der Waals surface area contributed by atoms with Crippen molar-refractivity contribution < 1.29 is 14.3 Å². The van der Waals surface area contributed by atoms with E-state index in [1.807, 2.05) is 18.2 Å². The highest BCUT2D eigenvalue weighted by atomic mass is 16.5. The maximum Gasteiger partial charge on any atom is 0.340 e. The molecule has 0 aromatic heterocycles. The molecule has 1 aromatic rings. The van der Waals surface area contributed by atoms with Crippen LogP contribution in [0, 0.1) is 0 Å². The number of para-hydroxylation sites is 1. The molecule has 0 heterocycles. The van der Waals surface area contributed by atoms with E-state index in [0.29, 0.717) is 25.3 Å². The van der Waals surface area contributed by atoms with E-state index in [1.165, 1.54) is 0 Å². The number of carbonyl (C=O) groups excluding carboxylic acids is 1. The van der Waals surface area contributed by atoms with Crippen molar-refractivity contribution in [1.82, 2.24) is 0 Å². The molecule has 0 spiro atoms. The number of rotatable bonds is 6. The highest BCUT2D eigenvalue weighted by Gasteiger charge is 2.10. The third-order valence-electron chi connectivity index (χ3n) is 2.04. The van der Waals surface area contributed by atoms with Crippen LogP contribution >= 0.6 is 0 Å². The lowest BCUT2D eigenvalue weighted by Crippen LogP contribution is -2.12. The average Bonchev–Trinajstić information content (AvgIpc) is 2.30. The Morgan fingerprint density at radius 1 is 1.38 bits per heavy atom. The first-order valence-electron chi connectivity index (χ1n) is 5.28. The second-order valence-corrected chi connectivity index (χ2v) is 3.19. The largest absolute Gasteiger partial charge is 0.462 e. The van der Waals surface area contributed by atoms with Crippen molar-refractivity contribution in [3.05, 3.63) is 29.8 Å². The monoisotopic (exact) mass is 223 g/mol. The molecule has 0 aliphatic carbocycles. The summed E-state index contributed by atoms with van der Waals surface area (Å²) in [5.41, 5.74) is 1.33. The molecule has 0 radical (unpaired) electrons. The molecule has 0 fully saturated rings. The van der Waals surface area contributed by atoms with Crippen LogP contribution in [0.1, 0.15) is 17.3 Å². The minimum absolute atomic E-state index is 0.303. The number of nitrogens with one attached hydrogen (secondary N) is 1. The molecular formula is C12H17NO3. The fraction of sp³-hybridized carbons (Fsp3) is 0.417. The van der Waals surface area contributed by atoms with Gasteiger partial charge < -0.3 is 14.8 Å². The molecular weight excluding hydrogens is 206 g/mol. The number of hydrogen-bond donors (Lipinski definition) is 1. The van der Waals surface area contributed by atoms with Crippen molar-refractivity contribution in [3.63, 3.8) is 0 Å². The van der Waals surface area contributed by atoms with Crippen LogP contribution in [-0.4, -0.2) is 32.8 Å². The molecule has 0 saturated heterocycles. The summed E-state index contributed by atoms with van der Waals surface area (Å²) in [5, 5.41) is 3.13. The SMILES string of the molecule is CCOC(=O)c1ccccc1NCCOC. The smallest absolute Gasteiger partial charge is 0.340 e. The van der Waals surface area contributed by atoms with Crippen LogP contribution in [0.4, 0.5) is 5.69 Å². The van der Waals surface area contributed by atoms with Gasteiger partial charge in [-0.2, -0.15) is 0 Å². The highest BCUT2D eigenvalue weighted by Crippen LogP contribution is 2.15. The summed E-state index contributed by atoms with van der Waals surface area (Å²) in [6.07, 6.45) is 0. The van der Waals surface area contributed by atoms with Crippen molar-refractivity contribution >= 4 is 11.7 Å². The van der Waals surface area contributed by atoms with Crippen molar-refractivity contribution in [2.24, 2.45) is 0 Å². The van der Waals surface area contributed by atoms with Crippen LogP contribution in [0.2, 0.25) is 0 Å². The summed E-state index contributed by atoms with van der Waals surface area (Å²) in [6, 6.07) is 7.28. The molecule has 0 bridgehead atoms. The van der Waals surface area contributed by atoms with E-state index in [0.717, 1.165) is 5.69 Å². The van der Waals surface area contributed by atoms with Gasteiger partial charge in [0.2, 0.25) is 0 Å². The van der Waals surface area contributed by atoms with Crippen LogP contribution in [0.5, 0.6) is 0 Å². The van der Waals surface area contributed by atoms with E-state index in [1.54, 1.807) is 20.1 Å². The van der Waals surface area contributed by atoms with Gasteiger partial charge in [-0.1, -0.05) is 12.1 Å². The summed E-state index contributed by atoms with van der Waals surface area (Å²) in [4.78, 5) is 11.6. The number of carbonyl (C=O) groups is 1. The van der Waals surface area contributed by atoms with Gasteiger partial charge in [-0.05, 0) is 19.1 Å². The van der Waals surface area contributed by atoms with Crippen LogP contribution in [0.15, 0.2) is 24.3 Å². The van der Waals surface area contributed by atoms with E-state index in [4.69, 9.17) is 9.47 Å². The molecule has 0 aliphatic rings. The summed E-state index contributed by atoms with van der Waals surface area (Å²) in [7, 11) is 1.64. The lowest BCUT2D eigenvalue weighted by molar-refractivity contribution is 0.0527. The average molecular weight is 223 g/mol. The molecule has 16 heavy (non-hydrogen) atoms. The normalized spacial score (nSPS) is 9.88. The summed E-state index contributed by atoms with van der Waals surface area (Å²) in [5.74, 6) is -0.303. The third kappa shape index (κ3) is 3.55. The van der Waals surface area contributed by atoms with Gasteiger partial charge >= 0.3 is 5.97 Å². The first-order valence-corrected chi connectivity index (χ1v) is 5.28. The van der Waals surface area contributed by atoms with E-state index in [2.05, 4.69) is 5.32 Å². The van der Waals surface area contributed by atoms with Crippen molar-refractivity contribution in [1.29, 1.82) is 0 Å². The number of methoxy groups -OCH3 is 1. The van der Waals surface area contributed by atoms with Crippen LogP contribution in [0.3, 0.4) is 0 Å². The van der Waals surface area contributed by atoms with Gasteiger partial charge in [-0.3, -0.25) is 0 Å². The quantitative estimate of drug-likeness (QED) is 0.591. The fourth-order valence-corrected chi connectivity index (χ4v) is 1.31. The van der Waals surface area contributed by atoms with E-state index in [-0.39, 0.29) is 5.97 Å². The molecule has 1 rings (SSSR count). The Bertz CT molecular complexity index is 339. The Labute approximate surface area is 95.6 Å². The van der Waals surface area contributed by atoms with Gasteiger partial charge in [-0.15, -0.1) is 0 Å². The third-order valence-corrected chi connectivity index (χ3v) is 2.04. The fourth-order valence-electron chi connectivity index (χ4n) is 1.31. The molecule has 0 saturated carbocycles. The number of benzene rings is 1. The van der Waals surface area contributed by atoms with Gasteiger partial charge in [0.05, 0.1) is 18.8 Å². The second kappa shape index (κ2) is 6.85. The van der Waals surface area contributed by atoms with E-state index >= 15 is 0 Å². The van der Waals surface area contributed by atoms with Gasteiger partial charge in [-0.25, -0.2) is 4.79 Å². The van der Waals surface area contributed by atoms with Crippen molar-refractivity contribution in [3.8, 4) is 0 Å². The molecule has 0 amide bonds. The zero-order valence-electron chi connectivity index (χ0n) is 9.66. The molecule has 88 valence electrons. The Morgan fingerprint density at radius 3 is 2.81 bits per heavy atom. The molecule has 1 N–H and O–H groups in total. The number of anilines is 1. The van der Waals surface area contributed by atoms with Crippen molar-refractivity contribution in [2.75, 3.05) is 32.2 Å². The van der Waals surface area contributed by atoms with Crippen molar-refractivity contribution in [2.45, 2.75) is 6.92 Å². The lowest BCUT2D eigenvalue weighted by Gasteiger charge is -2.10. The standard InChI is InChI=1S/C12H17NO3/c1-3-16-12(14)10-6-4-5-7-11(10)13-8-9-15-2/h4-7,13H,3,8-9H2,1-2H3. The molecule has 1 aromatic carbocycles. The molecule has 0 unspecified atom stereocenters. The predicted octanol–water partition coefficient (Wildman–Crippen LogP) is 1.92. The summed E-state index contributed by atoms with van der Waals surface area (Å²) < 4.78 is 9.90. The van der Waals surface area contributed by atoms with Gasteiger partial charge in [0.15, 0.2) is 0 Å². The minimum Gasteiger partial charge on any atom is -0.462 e. The zero-order valence-corrected chi connectivity index (χ0v) is 9.66. The first kappa shape index (κ1) is 12.5. The maximum absolute atomic E-state index is 11.6. The maximum atomic E-state index is 11.6. The minimum atomic E-state index is -0.303. The van der Waals surface area contributed by atoms with E-state index in [9.17, 15) is 4.79 Å². The Morgan fingerprint density at radius 2 is 2.12 bits per heavy atom. The Kier molecular flexibility index (Phi) is 5.36. The van der Waals surface area contributed by atoms with Crippen LogP contribution in [0.25, 0.3) is 0 Å². The summed E-state index contributed by atoms with van der Waals surface area (Å²) in [6.45, 7) is 3.42. The molecule has 4 nitrogen and oxygen atoms in total. The summed E-state index contributed by atoms with van der Waals surface area (Å²) >= 11 is 0. The molecule has 4 heteroatoms. The molecule has 0 atom stereocenters. The second-order valence-electron chi connectivity index (χ2n) is 3.19. The van der Waals surface area contributed by atoms with Gasteiger partial charge in [0.1, 0.15) is 0 Å². The highest BCUT2D eigenvalue weighted by molar-refractivity contribution is 5.95. The van der Waals surface area contributed by atoms with Gasteiger partial charge in [0.25, 0.3) is 0 Å². The van der Waals surface area contributed by atoms with E-state index < -0.39 is 0 Å². The Hall–Kier alpha value is -1.55. The molecule has 0 aliphatic heterocycles. The predicted molar refractivity (Wildman–Crippen MR) is 62.8 cm³/mol. The van der Waals surface area contributed by atoms with Gasteiger partial charge in [0, 0.05) is 19.3 Å². The lowest BCUT2D eigenvalue weighted by atomic mass is 10.2. The number of ether oxygens (including phenoxy) is 2. The number of esters is 1. The topological polar surface area (TPSA) is 47.6 Å². The van der Waals surface area contributed by atoms with Crippen LogP contribution < -0.4 is 5.32 Å². The zero-order chi connectivity index (χ0) is 11.8. The number of hydrogen-bond acceptors (Lipinski definition) is 4. The first-order chi connectivity index (χ1) is 7.79. The van der Waals surface area contributed by atoms with Crippen LogP contribution in [-0.2, 0) is 9.47 Å².